The highest BCUT2D eigenvalue weighted by atomic mass is 32.2. The van der Waals surface area contributed by atoms with E-state index in [2.05, 4.69) is 10.5 Å². The smallest absolute Gasteiger partial charge is 0.236 e. The van der Waals surface area contributed by atoms with Gasteiger partial charge in [0, 0.05) is 23.6 Å². The van der Waals surface area contributed by atoms with Crippen molar-refractivity contribution in [3.05, 3.63) is 54.2 Å². The third-order valence-electron chi connectivity index (χ3n) is 5.38. The topological polar surface area (TPSA) is 108 Å². The molecule has 0 radical (unpaired) electrons. The van der Waals surface area contributed by atoms with Crippen molar-refractivity contribution in [2.45, 2.75) is 23.2 Å². The van der Waals surface area contributed by atoms with Crippen LogP contribution in [0.3, 0.4) is 0 Å². The monoisotopic (exact) mass is 426 g/mol. The van der Waals surface area contributed by atoms with E-state index in [4.69, 9.17) is 14.0 Å². The van der Waals surface area contributed by atoms with E-state index in [0.29, 0.717) is 41.5 Å². The number of hydrogen-bond donors (Lipinski definition) is 1. The predicted octanol–water partition coefficient (Wildman–Crippen LogP) is 3.14. The molecule has 0 spiro atoms. The van der Waals surface area contributed by atoms with Crippen molar-refractivity contribution in [1.82, 2.24) is 5.16 Å². The Labute approximate surface area is 172 Å². The molecule has 0 atom stereocenters. The Morgan fingerprint density at radius 3 is 2.47 bits per heavy atom. The number of fused-ring (bicyclic) bond motifs is 1. The predicted molar refractivity (Wildman–Crippen MR) is 107 cm³/mol. The van der Waals surface area contributed by atoms with Crippen LogP contribution < -0.4 is 14.8 Å². The fourth-order valence-corrected chi connectivity index (χ4v) is 4.08. The zero-order valence-electron chi connectivity index (χ0n) is 16.0. The largest absolute Gasteiger partial charge is 0.454 e. The Balaban J connectivity index is 1.35. The van der Waals surface area contributed by atoms with Gasteiger partial charge >= 0.3 is 0 Å². The summed E-state index contributed by atoms with van der Waals surface area (Å²) in [6.07, 6.45) is 2.46. The molecule has 154 valence electrons. The van der Waals surface area contributed by atoms with Gasteiger partial charge < -0.3 is 19.3 Å². The van der Waals surface area contributed by atoms with Gasteiger partial charge in [-0.25, -0.2) is 8.42 Å². The van der Waals surface area contributed by atoms with E-state index in [1.54, 1.807) is 24.3 Å². The standard InChI is InChI=1S/C21H18N2O6S/c1-30(25,26)15-5-3-14(4-6-15)22-20(24)21(8-9-21)19-11-17(29-23-19)13-2-7-16-18(10-13)28-12-27-16/h2-7,10-11H,8-9,12H2,1H3,(H,22,24). The van der Waals surface area contributed by atoms with Crippen LogP contribution in [-0.2, 0) is 20.0 Å². The number of benzene rings is 2. The first-order valence-electron chi connectivity index (χ1n) is 9.34. The van der Waals surface area contributed by atoms with E-state index in [0.717, 1.165) is 11.8 Å². The van der Waals surface area contributed by atoms with Crippen LogP contribution in [0.4, 0.5) is 5.69 Å². The minimum Gasteiger partial charge on any atom is -0.454 e. The Bertz CT molecular complexity index is 1240. The van der Waals surface area contributed by atoms with Gasteiger partial charge in [0.25, 0.3) is 0 Å². The van der Waals surface area contributed by atoms with Crippen molar-refractivity contribution < 1.29 is 27.2 Å². The molecular formula is C21H18N2O6S. The zero-order chi connectivity index (χ0) is 20.9. The summed E-state index contributed by atoms with van der Waals surface area (Å²) < 4.78 is 39.4. The minimum atomic E-state index is -3.29. The van der Waals surface area contributed by atoms with Gasteiger partial charge in [0.05, 0.1) is 16.0 Å². The highest BCUT2D eigenvalue weighted by molar-refractivity contribution is 7.90. The lowest BCUT2D eigenvalue weighted by Gasteiger charge is -2.12. The zero-order valence-corrected chi connectivity index (χ0v) is 16.9. The molecule has 0 saturated heterocycles. The summed E-state index contributed by atoms with van der Waals surface area (Å²) in [6, 6.07) is 13.3. The van der Waals surface area contributed by atoms with Gasteiger partial charge in [-0.2, -0.15) is 0 Å². The third-order valence-corrected chi connectivity index (χ3v) is 6.51. The van der Waals surface area contributed by atoms with Crippen LogP contribution in [0, 0.1) is 0 Å². The molecule has 1 aliphatic heterocycles. The number of sulfone groups is 1. The maximum Gasteiger partial charge on any atom is 0.236 e. The van der Waals surface area contributed by atoms with E-state index in [1.807, 2.05) is 12.1 Å². The number of ether oxygens (including phenoxy) is 2. The summed E-state index contributed by atoms with van der Waals surface area (Å²) >= 11 is 0. The first-order chi connectivity index (χ1) is 14.3. The Morgan fingerprint density at radius 2 is 1.77 bits per heavy atom. The number of amides is 1. The second-order valence-electron chi connectivity index (χ2n) is 7.48. The summed E-state index contributed by atoms with van der Waals surface area (Å²) in [7, 11) is -3.29. The number of carbonyl (C=O) groups is 1. The van der Waals surface area contributed by atoms with Gasteiger partial charge in [-0.3, -0.25) is 4.79 Å². The van der Waals surface area contributed by atoms with Gasteiger partial charge in [-0.15, -0.1) is 0 Å². The molecule has 1 aliphatic carbocycles. The van der Waals surface area contributed by atoms with Gasteiger partial charge in [0.2, 0.25) is 12.7 Å². The van der Waals surface area contributed by atoms with E-state index in [-0.39, 0.29) is 17.6 Å². The van der Waals surface area contributed by atoms with Crippen molar-refractivity contribution >= 4 is 21.4 Å². The molecule has 9 heteroatoms. The maximum atomic E-state index is 12.9. The first-order valence-corrected chi connectivity index (χ1v) is 11.2. The van der Waals surface area contributed by atoms with E-state index in [9.17, 15) is 13.2 Å². The van der Waals surface area contributed by atoms with E-state index in [1.165, 1.54) is 12.1 Å². The van der Waals surface area contributed by atoms with E-state index >= 15 is 0 Å². The maximum absolute atomic E-state index is 12.9. The molecule has 1 N–H and O–H groups in total. The molecule has 2 aromatic carbocycles. The molecular weight excluding hydrogens is 408 g/mol. The molecule has 1 amide bonds. The van der Waals surface area contributed by atoms with Crippen LogP contribution in [0.25, 0.3) is 11.3 Å². The van der Waals surface area contributed by atoms with Crippen LogP contribution in [0.15, 0.2) is 57.9 Å². The summed E-state index contributed by atoms with van der Waals surface area (Å²) in [5.41, 5.74) is 1.14. The molecule has 30 heavy (non-hydrogen) atoms. The van der Waals surface area contributed by atoms with Crippen molar-refractivity contribution in [1.29, 1.82) is 0 Å². The van der Waals surface area contributed by atoms with Crippen LogP contribution >= 0.6 is 0 Å². The fraction of sp³-hybridized carbons (Fsp3) is 0.238. The van der Waals surface area contributed by atoms with Crippen molar-refractivity contribution in [2.75, 3.05) is 18.4 Å². The summed E-state index contributed by atoms with van der Waals surface area (Å²) in [4.78, 5) is 13.1. The Kier molecular flexibility index (Phi) is 4.11. The summed E-state index contributed by atoms with van der Waals surface area (Å²) in [5.74, 6) is 1.67. The Hall–Kier alpha value is -3.33. The summed E-state index contributed by atoms with van der Waals surface area (Å²) in [6.45, 7) is 0.189. The van der Waals surface area contributed by atoms with Gasteiger partial charge in [0.1, 0.15) is 0 Å². The quantitative estimate of drug-likeness (QED) is 0.668. The van der Waals surface area contributed by atoms with Crippen molar-refractivity contribution in [3.8, 4) is 22.8 Å². The molecule has 5 rings (SSSR count). The Morgan fingerprint density at radius 1 is 1.03 bits per heavy atom. The van der Waals surface area contributed by atoms with Crippen LogP contribution in [0.2, 0.25) is 0 Å². The second-order valence-corrected chi connectivity index (χ2v) is 9.49. The second kappa shape index (κ2) is 6.60. The normalized spacial score (nSPS) is 16.3. The SMILES string of the molecule is CS(=O)(=O)c1ccc(NC(=O)C2(c3cc(-c4ccc5c(c4)OCO5)on3)CC2)cc1. The van der Waals surface area contributed by atoms with Crippen molar-refractivity contribution in [3.63, 3.8) is 0 Å². The first kappa shape index (κ1) is 18.7. The average Bonchev–Trinajstić information content (AvgIpc) is 3.16. The molecule has 3 aromatic rings. The minimum absolute atomic E-state index is 0.189. The van der Waals surface area contributed by atoms with Gasteiger partial charge in [-0.05, 0) is 55.3 Å². The number of aromatic nitrogens is 1. The van der Waals surface area contributed by atoms with E-state index < -0.39 is 15.3 Å². The lowest BCUT2D eigenvalue weighted by atomic mass is 10.00. The number of carbonyl (C=O) groups excluding carboxylic acids is 1. The van der Waals surface area contributed by atoms with Crippen LogP contribution in [0.5, 0.6) is 11.5 Å². The molecule has 1 saturated carbocycles. The molecule has 1 fully saturated rings. The van der Waals surface area contributed by atoms with Gasteiger partial charge in [0.15, 0.2) is 27.1 Å². The molecule has 2 aliphatic rings. The lowest BCUT2D eigenvalue weighted by molar-refractivity contribution is -0.118. The number of nitrogens with one attached hydrogen (secondary N) is 1. The number of rotatable bonds is 5. The fourth-order valence-electron chi connectivity index (χ4n) is 3.45. The molecule has 2 heterocycles. The van der Waals surface area contributed by atoms with Crippen LogP contribution in [0.1, 0.15) is 18.5 Å². The number of hydrogen-bond acceptors (Lipinski definition) is 7. The third kappa shape index (κ3) is 3.21. The molecule has 0 bridgehead atoms. The number of nitrogens with zero attached hydrogens (tertiary/aromatic N) is 1. The highest BCUT2D eigenvalue weighted by Gasteiger charge is 2.53. The van der Waals surface area contributed by atoms with Gasteiger partial charge in [-0.1, -0.05) is 5.16 Å². The summed E-state index contributed by atoms with van der Waals surface area (Å²) in [5, 5.41) is 7.00. The van der Waals surface area contributed by atoms with Crippen molar-refractivity contribution in [2.24, 2.45) is 0 Å². The lowest BCUT2D eigenvalue weighted by Crippen LogP contribution is -2.28. The average molecular weight is 426 g/mol. The molecule has 8 nitrogen and oxygen atoms in total. The van der Waals surface area contributed by atoms with Crippen LogP contribution in [-0.4, -0.2) is 32.5 Å². The number of anilines is 1. The molecule has 1 aromatic heterocycles. The molecule has 0 unspecified atom stereocenters. The highest BCUT2D eigenvalue weighted by Crippen LogP contribution is 2.49.